The topological polar surface area (TPSA) is 3.24 Å². The average Bonchev–Trinajstić information content (AvgIpc) is 2.86. The van der Waals surface area contributed by atoms with Crippen molar-refractivity contribution in [2.75, 3.05) is 18.8 Å². The maximum absolute atomic E-state index is 2.71. The van der Waals surface area contributed by atoms with Gasteiger partial charge in [-0.2, -0.15) is 0 Å². The molecule has 106 valence electrons. The first kappa shape index (κ1) is 14.9. The van der Waals surface area contributed by atoms with E-state index in [4.69, 9.17) is 0 Å². The molecule has 2 rings (SSSR count). The molecule has 1 aliphatic rings. The van der Waals surface area contributed by atoms with E-state index in [-0.39, 0.29) is 0 Å². The second-order valence-corrected chi connectivity index (χ2v) is 6.71. The quantitative estimate of drug-likeness (QED) is 0.706. The number of rotatable bonds is 7. The summed E-state index contributed by atoms with van der Waals surface area (Å²) in [6.45, 7) is 9.47. The van der Waals surface area contributed by atoms with Crippen molar-refractivity contribution in [1.82, 2.24) is 4.90 Å². The lowest BCUT2D eigenvalue weighted by molar-refractivity contribution is 0.192. The van der Waals surface area contributed by atoms with Crippen LogP contribution in [0.15, 0.2) is 29.2 Å². The van der Waals surface area contributed by atoms with E-state index >= 15 is 0 Å². The van der Waals surface area contributed by atoms with Gasteiger partial charge in [-0.1, -0.05) is 38.5 Å². The Kier molecular flexibility index (Phi) is 5.77. The third kappa shape index (κ3) is 3.76. The van der Waals surface area contributed by atoms with Crippen molar-refractivity contribution in [2.24, 2.45) is 0 Å². The van der Waals surface area contributed by atoms with Gasteiger partial charge in [-0.25, -0.2) is 0 Å². The molecular weight excluding hydrogens is 250 g/mol. The predicted octanol–water partition coefficient (Wildman–Crippen LogP) is 4.78. The number of thioether (sulfide) groups is 1. The summed E-state index contributed by atoms with van der Waals surface area (Å²) in [5.74, 6) is 1.99. The Labute approximate surface area is 122 Å². The molecule has 2 unspecified atom stereocenters. The SMILES string of the molecule is CCCCN(CC1CSc2ccccc21)C(C)CC. The van der Waals surface area contributed by atoms with Crippen LogP contribution < -0.4 is 0 Å². The molecule has 0 spiro atoms. The molecule has 0 amide bonds. The minimum atomic E-state index is 0.712. The summed E-state index contributed by atoms with van der Waals surface area (Å²) in [5, 5.41) is 0. The highest BCUT2D eigenvalue weighted by Gasteiger charge is 2.25. The van der Waals surface area contributed by atoms with E-state index in [1.165, 1.54) is 43.0 Å². The zero-order valence-electron chi connectivity index (χ0n) is 12.6. The molecule has 0 aromatic heterocycles. The lowest BCUT2D eigenvalue weighted by atomic mass is 9.99. The van der Waals surface area contributed by atoms with Crippen molar-refractivity contribution in [2.45, 2.75) is 56.9 Å². The van der Waals surface area contributed by atoms with Crippen LogP contribution in [0.5, 0.6) is 0 Å². The molecule has 1 aromatic carbocycles. The smallest absolute Gasteiger partial charge is 0.0108 e. The normalized spacial score (nSPS) is 19.7. The number of hydrogen-bond donors (Lipinski definition) is 0. The van der Waals surface area contributed by atoms with Gasteiger partial charge in [0.15, 0.2) is 0 Å². The number of benzene rings is 1. The molecule has 0 fully saturated rings. The average molecular weight is 277 g/mol. The maximum atomic E-state index is 2.71. The van der Waals surface area contributed by atoms with E-state index in [9.17, 15) is 0 Å². The molecule has 2 heteroatoms. The molecule has 1 heterocycles. The molecule has 0 bridgehead atoms. The van der Waals surface area contributed by atoms with E-state index < -0.39 is 0 Å². The van der Waals surface area contributed by atoms with E-state index in [1.807, 2.05) is 11.8 Å². The van der Waals surface area contributed by atoms with Gasteiger partial charge < -0.3 is 4.90 Å². The highest BCUT2D eigenvalue weighted by molar-refractivity contribution is 7.99. The van der Waals surface area contributed by atoms with E-state index in [0.29, 0.717) is 6.04 Å². The Hall–Kier alpha value is -0.470. The van der Waals surface area contributed by atoms with Crippen molar-refractivity contribution in [1.29, 1.82) is 0 Å². The third-order valence-corrected chi connectivity index (χ3v) is 5.52. The van der Waals surface area contributed by atoms with Gasteiger partial charge >= 0.3 is 0 Å². The van der Waals surface area contributed by atoms with Crippen LogP contribution in [0.2, 0.25) is 0 Å². The maximum Gasteiger partial charge on any atom is 0.0108 e. The Balaban J connectivity index is 2.01. The first-order valence-corrected chi connectivity index (χ1v) is 8.70. The second-order valence-electron chi connectivity index (χ2n) is 5.65. The molecule has 1 aliphatic heterocycles. The highest BCUT2D eigenvalue weighted by Crippen LogP contribution is 2.39. The monoisotopic (exact) mass is 277 g/mol. The second kappa shape index (κ2) is 7.35. The summed E-state index contributed by atoms with van der Waals surface area (Å²) in [5.41, 5.74) is 1.58. The van der Waals surface area contributed by atoms with Gasteiger partial charge in [0, 0.05) is 29.2 Å². The summed E-state index contributed by atoms with van der Waals surface area (Å²) in [4.78, 5) is 4.21. The van der Waals surface area contributed by atoms with Crippen molar-refractivity contribution in [3.8, 4) is 0 Å². The van der Waals surface area contributed by atoms with E-state index in [2.05, 4.69) is 49.9 Å². The number of fused-ring (bicyclic) bond motifs is 1. The van der Waals surface area contributed by atoms with E-state index in [1.54, 1.807) is 5.56 Å². The summed E-state index contributed by atoms with van der Waals surface area (Å²) in [6.07, 6.45) is 3.88. The zero-order valence-corrected chi connectivity index (χ0v) is 13.4. The van der Waals surface area contributed by atoms with Gasteiger partial charge in [0.2, 0.25) is 0 Å². The minimum absolute atomic E-state index is 0.712. The van der Waals surface area contributed by atoms with Crippen molar-refractivity contribution >= 4 is 11.8 Å². The first-order chi connectivity index (χ1) is 9.26. The molecule has 0 saturated heterocycles. The number of unbranched alkanes of at least 4 members (excludes halogenated alkanes) is 1. The number of nitrogens with zero attached hydrogens (tertiary/aromatic N) is 1. The standard InChI is InChI=1S/C17H27NS/c1-4-6-11-18(14(3)5-2)12-15-13-19-17-10-8-7-9-16(15)17/h7-10,14-15H,4-6,11-13H2,1-3H3. The van der Waals surface area contributed by atoms with Gasteiger partial charge in [-0.3, -0.25) is 0 Å². The van der Waals surface area contributed by atoms with E-state index in [0.717, 1.165) is 5.92 Å². The molecule has 0 aliphatic carbocycles. The van der Waals surface area contributed by atoms with Gasteiger partial charge in [-0.15, -0.1) is 11.8 Å². The molecule has 0 N–H and O–H groups in total. The molecule has 19 heavy (non-hydrogen) atoms. The Morgan fingerprint density at radius 2 is 2.11 bits per heavy atom. The van der Waals surface area contributed by atoms with Crippen LogP contribution in [-0.2, 0) is 0 Å². The van der Waals surface area contributed by atoms with Gasteiger partial charge in [0.05, 0.1) is 0 Å². The lowest BCUT2D eigenvalue weighted by Crippen LogP contribution is -2.37. The number of hydrogen-bond acceptors (Lipinski definition) is 2. The van der Waals surface area contributed by atoms with Crippen LogP contribution in [-0.4, -0.2) is 29.8 Å². The van der Waals surface area contributed by atoms with Crippen LogP contribution in [0.1, 0.15) is 51.5 Å². The van der Waals surface area contributed by atoms with Crippen LogP contribution in [0.25, 0.3) is 0 Å². The largest absolute Gasteiger partial charge is 0.300 e. The third-order valence-electron chi connectivity index (χ3n) is 4.27. The fraction of sp³-hybridized carbons (Fsp3) is 0.647. The summed E-state index contributed by atoms with van der Waals surface area (Å²) >= 11 is 2.03. The molecule has 0 radical (unpaired) electrons. The highest BCUT2D eigenvalue weighted by atomic mass is 32.2. The van der Waals surface area contributed by atoms with Crippen LogP contribution in [0, 0.1) is 0 Å². The fourth-order valence-corrected chi connectivity index (χ4v) is 4.02. The summed E-state index contributed by atoms with van der Waals surface area (Å²) in [7, 11) is 0. The predicted molar refractivity (Wildman–Crippen MR) is 86.1 cm³/mol. The summed E-state index contributed by atoms with van der Waals surface area (Å²) in [6, 6.07) is 9.67. The first-order valence-electron chi connectivity index (χ1n) is 7.72. The molecule has 1 nitrogen and oxygen atoms in total. The molecule has 0 saturated carbocycles. The van der Waals surface area contributed by atoms with Gasteiger partial charge in [0.1, 0.15) is 0 Å². The zero-order chi connectivity index (χ0) is 13.7. The van der Waals surface area contributed by atoms with Gasteiger partial charge in [-0.05, 0) is 37.9 Å². The van der Waals surface area contributed by atoms with Crippen molar-refractivity contribution in [3.05, 3.63) is 29.8 Å². The van der Waals surface area contributed by atoms with Gasteiger partial charge in [0.25, 0.3) is 0 Å². The van der Waals surface area contributed by atoms with Crippen LogP contribution in [0.3, 0.4) is 0 Å². The lowest BCUT2D eigenvalue weighted by Gasteiger charge is -2.31. The fourth-order valence-electron chi connectivity index (χ4n) is 2.77. The van der Waals surface area contributed by atoms with Crippen LogP contribution >= 0.6 is 11.8 Å². The van der Waals surface area contributed by atoms with Crippen molar-refractivity contribution in [3.63, 3.8) is 0 Å². The Morgan fingerprint density at radius 3 is 2.84 bits per heavy atom. The minimum Gasteiger partial charge on any atom is -0.300 e. The summed E-state index contributed by atoms with van der Waals surface area (Å²) < 4.78 is 0. The Bertz CT molecular complexity index is 391. The Morgan fingerprint density at radius 1 is 1.32 bits per heavy atom. The van der Waals surface area contributed by atoms with Crippen molar-refractivity contribution < 1.29 is 0 Å². The molecular formula is C17H27NS. The van der Waals surface area contributed by atoms with Crippen LogP contribution in [0.4, 0.5) is 0 Å². The molecule has 1 aromatic rings. The molecule has 2 atom stereocenters.